The van der Waals surface area contributed by atoms with Gasteiger partial charge in [0.25, 0.3) is 0 Å². The van der Waals surface area contributed by atoms with E-state index in [0.717, 1.165) is 57.6 Å². The van der Waals surface area contributed by atoms with E-state index in [1.165, 1.54) is 25.8 Å². The first-order valence-electron chi connectivity index (χ1n) is 10.2. The maximum atomic E-state index is 5.01. The Morgan fingerprint density at radius 3 is 2.63 bits per heavy atom. The monoisotopic (exact) mass is 486 g/mol. The molecule has 1 N–H and O–H groups in total. The number of halogens is 1. The second kappa shape index (κ2) is 11.7. The lowest BCUT2D eigenvalue weighted by molar-refractivity contribution is 0.161. The van der Waals surface area contributed by atoms with Gasteiger partial charge in [0.1, 0.15) is 5.82 Å². The lowest BCUT2D eigenvalue weighted by Crippen LogP contribution is -2.53. The molecule has 0 bridgehead atoms. The highest BCUT2D eigenvalue weighted by Crippen LogP contribution is 2.17. The summed E-state index contributed by atoms with van der Waals surface area (Å²) in [6, 6.07) is 6.74. The highest BCUT2D eigenvalue weighted by Gasteiger charge is 2.23. The van der Waals surface area contributed by atoms with Gasteiger partial charge in [0.05, 0.1) is 6.54 Å². The van der Waals surface area contributed by atoms with Gasteiger partial charge in [-0.2, -0.15) is 0 Å². The lowest BCUT2D eigenvalue weighted by atomic mass is 10.0. The molecule has 1 atom stereocenters. The zero-order chi connectivity index (χ0) is 18.2. The number of piperidine rings is 1. The molecular weight excluding hydrogens is 451 g/mol. The average molecular weight is 486 g/mol. The second-order valence-corrected chi connectivity index (χ2v) is 7.13. The summed E-state index contributed by atoms with van der Waals surface area (Å²) < 4.78 is 0. The SMILES string of the molecule is CCNC(=NCC1CCCCN1CC)N1CCN(c2ccccn2)CC1.I. The van der Waals surface area contributed by atoms with Crippen LogP contribution in [-0.4, -0.2) is 79.1 Å². The Labute approximate surface area is 181 Å². The van der Waals surface area contributed by atoms with Crippen LogP contribution in [0, 0.1) is 0 Å². The molecule has 6 nitrogen and oxygen atoms in total. The maximum Gasteiger partial charge on any atom is 0.194 e. The summed E-state index contributed by atoms with van der Waals surface area (Å²) in [7, 11) is 0. The van der Waals surface area contributed by atoms with Gasteiger partial charge in [-0.05, 0) is 45.0 Å². The highest BCUT2D eigenvalue weighted by molar-refractivity contribution is 14.0. The molecule has 3 rings (SSSR count). The molecule has 27 heavy (non-hydrogen) atoms. The van der Waals surface area contributed by atoms with Crippen LogP contribution in [0.2, 0.25) is 0 Å². The fourth-order valence-corrected chi connectivity index (χ4v) is 3.99. The van der Waals surface area contributed by atoms with E-state index >= 15 is 0 Å². The Bertz CT molecular complexity index is 559. The molecule has 7 heteroatoms. The molecule has 152 valence electrons. The topological polar surface area (TPSA) is 47.0 Å². The summed E-state index contributed by atoms with van der Waals surface area (Å²) in [6.45, 7) is 12.6. The lowest BCUT2D eigenvalue weighted by Gasteiger charge is -2.38. The number of hydrogen-bond acceptors (Lipinski definition) is 4. The van der Waals surface area contributed by atoms with Crippen molar-refractivity contribution in [3.63, 3.8) is 0 Å². The summed E-state index contributed by atoms with van der Waals surface area (Å²) in [4.78, 5) is 16.9. The summed E-state index contributed by atoms with van der Waals surface area (Å²) in [5.74, 6) is 2.16. The standard InChI is InChI=1S/C20H34N6.HI/c1-3-21-20(23-17-18-9-6-8-12-24(18)4-2)26-15-13-25(14-16-26)19-10-5-7-11-22-19;/h5,7,10-11,18H,3-4,6,8-9,12-17H2,1-2H3,(H,21,23);1H. The van der Waals surface area contributed by atoms with Crippen molar-refractivity contribution < 1.29 is 0 Å². The first-order valence-corrected chi connectivity index (χ1v) is 10.2. The Kier molecular flexibility index (Phi) is 9.61. The molecule has 2 aliphatic heterocycles. The molecule has 0 aliphatic carbocycles. The summed E-state index contributed by atoms with van der Waals surface area (Å²) in [6.07, 6.45) is 5.83. The normalized spacial score (nSPS) is 21.7. The number of likely N-dealkylation sites (tertiary alicyclic amines) is 1. The van der Waals surface area contributed by atoms with Crippen molar-refractivity contribution in [2.45, 2.75) is 39.2 Å². The minimum Gasteiger partial charge on any atom is -0.357 e. The van der Waals surface area contributed by atoms with Crippen molar-refractivity contribution in [2.24, 2.45) is 4.99 Å². The van der Waals surface area contributed by atoms with Crippen molar-refractivity contribution in [1.29, 1.82) is 0 Å². The van der Waals surface area contributed by atoms with E-state index in [9.17, 15) is 0 Å². The van der Waals surface area contributed by atoms with E-state index in [1.54, 1.807) is 0 Å². The second-order valence-electron chi connectivity index (χ2n) is 7.13. The van der Waals surface area contributed by atoms with Gasteiger partial charge in [-0.25, -0.2) is 4.98 Å². The number of likely N-dealkylation sites (N-methyl/N-ethyl adjacent to an activating group) is 1. The number of piperazine rings is 1. The maximum absolute atomic E-state index is 5.01. The summed E-state index contributed by atoms with van der Waals surface area (Å²) >= 11 is 0. The predicted octanol–water partition coefficient (Wildman–Crippen LogP) is 2.66. The number of aliphatic imine (C=N–C) groups is 1. The number of nitrogens with zero attached hydrogens (tertiary/aromatic N) is 5. The zero-order valence-electron chi connectivity index (χ0n) is 16.8. The minimum atomic E-state index is 0. The molecule has 2 saturated heterocycles. The largest absolute Gasteiger partial charge is 0.357 e. The predicted molar refractivity (Wildman–Crippen MR) is 124 cm³/mol. The van der Waals surface area contributed by atoms with Gasteiger partial charge in [0, 0.05) is 45.0 Å². The van der Waals surface area contributed by atoms with Crippen LogP contribution in [0.15, 0.2) is 29.4 Å². The van der Waals surface area contributed by atoms with Crippen LogP contribution in [0.25, 0.3) is 0 Å². The molecule has 0 spiro atoms. The quantitative estimate of drug-likeness (QED) is 0.394. The molecule has 2 fully saturated rings. The number of hydrogen-bond donors (Lipinski definition) is 1. The molecule has 1 unspecified atom stereocenters. The van der Waals surface area contributed by atoms with Crippen LogP contribution in [0.3, 0.4) is 0 Å². The van der Waals surface area contributed by atoms with Gasteiger partial charge in [-0.15, -0.1) is 24.0 Å². The fraction of sp³-hybridized carbons (Fsp3) is 0.700. The Balaban J connectivity index is 0.00000261. The van der Waals surface area contributed by atoms with Gasteiger partial charge in [-0.3, -0.25) is 9.89 Å². The highest BCUT2D eigenvalue weighted by atomic mass is 127. The zero-order valence-corrected chi connectivity index (χ0v) is 19.1. The van der Waals surface area contributed by atoms with Gasteiger partial charge in [-0.1, -0.05) is 19.4 Å². The van der Waals surface area contributed by atoms with E-state index in [-0.39, 0.29) is 24.0 Å². The third kappa shape index (κ3) is 6.20. The third-order valence-corrected chi connectivity index (χ3v) is 5.49. The van der Waals surface area contributed by atoms with Crippen LogP contribution in [-0.2, 0) is 0 Å². The van der Waals surface area contributed by atoms with E-state index < -0.39 is 0 Å². The number of pyridine rings is 1. The fourth-order valence-electron chi connectivity index (χ4n) is 3.99. The van der Waals surface area contributed by atoms with Crippen LogP contribution >= 0.6 is 24.0 Å². The van der Waals surface area contributed by atoms with E-state index in [2.05, 4.69) is 51.0 Å². The first kappa shape index (κ1) is 22.2. The van der Waals surface area contributed by atoms with Gasteiger partial charge < -0.3 is 15.1 Å². The van der Waals surface area contributed by atoms with E-state index in [4.69, 9.17) is 4.99 Å². The molecule has 0 saturated carbocycles. The number of rotatable bonds is 5. The van der Waals surface area contributed by atoms with Crippen LogP contribution < -0.4 is 10.2 Å². The molecular formula is C20H35IN6. The van der Waals surface area contributed by atoms with Gasteiger partial charge in [0.15, 0.2) is 5.96 Å². The van der Waals surface area contributed by atoms with Crippen molar-refractivity contribution in [3.8, 4) is 0 Å². The van der Waals surface area contributed by atoms with Crippen molar-refractivity contribution in [1.82, 2.24) is 20.1 Å². The molecule has 0 radical (unpaired) electrons. The molecule has 1 aromatic rings. The van der Waals surface area contributed by atoms with Crippen LogP contribution in [0.1, 0.15) is 33.1 Å². The molecule has 0 amide bonds. The summed E-state index contributed by atoms with van der Waals surface area (Å²) in [5.41, 5.74) is 0. The number of nitrogens with one attached hydrogen (secondary N) is 1. The van der Waals surface area contributed by atoms with Crippen LogP contribution in [0.5, 0.6) is 0 Å². The average Bonchev–Trinajstić information content (AvgIpc) is 2.72. The molecule has 2 aliphatic rings. The van der Waals surface area contributed by atoms with Crippen molar-refractivity contribution >= 4 is 35.8 Å². The Morgan fingerprint density at radius 2 is 1.96 bits per heavy atom. The number of aromatic nitrogens is 1. The van der Waals surface area contributed by atoms with E-state index in [1.807, 2.05) is 12.3 Å². The Hall–Kier alpha value is -1.09. The molecule has 1 aromatic heterocycles. The van der Waals surface area contributed by atoms with Crippen molar-refractivity contribution in [3.05, 3.63) is 24.4 Å². The number of guanidine groups is 1. The number of anilines is 1. The van der Waals surface area contributed by atoms with Gasteiger partial charge >= 0.3 is 0 Å². The third-order valence-electron chi connectivity index (χ3n) is 5.49. The summed E-state index contributed by atoms with van der Waals surface area (Å²) in [5, 5.41) is 3.50. The van der Waals surface area contributed by atoms with Crippen molar-refractivity contribution in [2.75, 3.05) is 57.3 Å². The van der Waals surface area contributed by atoms with Crippen LogP contribution in [0.4, 0.5) is 5.82 Å². The first-order chi connectivity index (χ1) is 12.8. The smallest absolute Gasteiger partial charge is 0.194 e. The Morgan fingerprint density at radius 1 is 1.15 bits per heavy atom. The molecule has 0 aromatic carbocycles. The van der Waals surface area contributed by atoms with E-state index in [0.29, 0.717) is 6.04 Å². The van der Waals surface area contributed by atoms with Gasteiger partial charge in [0.2, 0.25) is 0 Å². The minimum absolute atomic E-state index is 0. The molecule has 3 heterocycles.